The number of rotatable bonds is 2. The third-order valence-electron chi connectivity index (χ3n) is 3.52. The Balaban J connectivity index is 1.84. The SMILES string of the molecule is Cc1cccc2c1CNCC2NC(=O)c1cccs1. The van der Waals surface area contributed by atoms with E-state index >= 15 is 0 Å². The molecule has 1 aromatic carbocycles. The van der Waals surface area contributed by atoms with Gasteiger partial charge in [0.1, 0.15) is 0 Å². The first-order valence-electron chi connectivity index (χ1n) is 6.39. The third kappa shape index (κ3) is 2.41. The van der Waals surface area contributed by atoms with Crippen molar-refractivity contribution in [3.63, 3.8) is 0 Å². The fourth-order valence-electron chi connectivity index (χ4n) is 2.51. The molecule has 3 rings (SSSR count). The van der Waals surface area contributed by atoms with Crippen LogP contribution >= 0.6 is 11.3 Å². The van der Waals surface area contributed by atoms with Crippen LogP contribution in [0.15, 0.2) is 35.7 Å². The largest absolute Gasteiger partial charge is 0.343 e. The molecule has 1 atom stereocenters. The Hall–Kier alpha value is -1.65. The Morgan fingerprint density at radius 1 is 1.37 bits per heavy atom. The molecule has 1 aliphatic heterocycles. The standard InChI is InChI=1S/C15H16N2OS/c1-10-4-2-5-11-12(10)8-16-9-13(11)17-15(18)14-6-3-7-19-14/h2-7,13,16H,8-9H2,1H3,(H,17,18). The van der Waals surface area contributed by atoms with Crippen LogP contribution in [0.1, 0.15) is 32.4 Å². The van der Waals surface area contributed by atoms with Gasteiger partial charge in [-0.05, 0) is 35.1 Å². The molecule has 0 fully saturated rings. The molecule has 0 aliphatic carbocycles. The minimum Gasteiger partial charge on any atom is -0.343 e. The Kier molecular flexibility index (Phi) is 3.36. The summed E-state index contributed by atoms with van der Waals surface area (Å²) in [6.07, 6.45) is 0. The molecule has 2 heterocycles. The molecule has 0 bridgehead atoms. The zero-order valence-corrected chi connectivity index (χ0v) is 11.6. The van der Waals surface area contributed by atoms with Crippen molar-refractivity contribution < 1.29 is 4.79 Å². The van der Waals surface area contributed by atoms with E-state index in [9.17, 15) is 4.79 Å². The van der Waals surface area contributed by atoms with Crippen molar-refractivity contribution in [2.75, 3.05) is 6.54 Å². The average molecular weight is 272 g/mol. The van der Waals surface area contributed by atoms with Gasteiger partial charge in [0.05, 0.1) is 10.9 Å². The topological polar surface area (TPSA) is 41.1 Å². The number of hydrogen-bond donors (Lipinski definition) is 2. The van der Waals surface area contributed by atoms with Gasteiger partial charge in [-0.1, -0.05) is 24.3 Å². The molecule has 2 aromatic rings. The first kappa shape index (κ1) is 12.4. The fourth-order valence-corrected chi connectivity index (χ4v) is 3.14. The summed E-state index contributed by atoms with van der Waals surface area (Å²) < 4.78 is 0. The maximum absolute atomic E-state index is 12.1. The van der Waals surface area contributed by atoms with Gasteiger partial charge in [-0.2, -0.15) is 0 Å². The maximum atomic E-state index is 12.1. The van der Waals surface area contributed by atoms with Gasteiger partial charge >= 0.3 is 0 Å². The Bertz CT molecular complexity index is 592. The zero-order chi connectivity index (χ0) is 13.2. The van der Waals surface area contributed by atoms with E-state index in [-0.39, 0.29) is 11.9 Å². The molecule has 1 aromatic heterocycles. The molecule has 0 radical (unpaired) electrons. The highest BCUT2D eigenvalue weighted by atomic mass is 32.1. The number of carbonyl (C=O) groups is 1. The first-order valence-corrected chi connectivity index (χ1v) is 7.27. The average Bonchev–Trinajstić information content (AvgIpc) is 2.94. The van der Waals surface area contributed by atoms with Crippen LogP contribution in [-0.2, 0) is 6.54 Å². The van der Waals surface area contributed by atoms with Crippen molar-refractivity contribution in [1.82, 2.24) is 10.6 Å². The molecule has 4 heteroatoms. The Morgan fingerprint density at radius 2 is 2.26 bits per heavy atom. The minimum atomic E-state index is 0.0103. The zero-order valence-electron chi connectivity index (χ0n) is 10.8. The summed E-state index contributed by atoms with van der Waals surface area (Å²) in [4.78, 5) is 12.9. The second kappa shape index (κ2) is 5.15. The highest BCUT2D eigenvalue weighted by Crippen LogP contribution is 2.25. The van der Waals surface area contributed by atoms with Crippen LogP contribution in [0.2, 0.25) is 0 Å². The molecule has 0 saturated heterocycles. The van der Waals surface area contributed by atoms with E-state index in [1.54, 1.807) is 0 Å². The normalized spacial score (nSPS) is 17.8. The number of fused-ring (bicyclic) bond motifs is 1. The van der Waals surface area contributed by atoms with E-state index in [2.05, 4.69) is 35.8 Å². The van der Waals surface area contributed by atoms with E-state index in [1.165, 1.54) is 28.0 Å². The monoisotopic (exact) mass is 272 g/mol. The smallest absolute Gasteiger partial charge is 0.261 e. The Morgan fingerprint density at radius 3 is 3.05 bits per heavy atom. The minimum absolute atomic E-state index is 0.0103. The second-order valence-corrected chi connectivity index (χ2v) is 5.72. The molecule has 19 heavy (non-hydrogen) atoms. The van der Waals surface area contributed by atoms with Crippen LogP contribution in [-0.4, -0.2) is 12.5 Å². The van der Waals surface area contributed by atoms with Crippen LogP contribution in [0.4, 0.5) is 0 Å². The van der Waals surface area contributed by atoms with Gasteiger partial charge in [0.2, 0.25) is 0 Å². The van der Waals surface area contributed by atoms with Crippen LogP contribution < -0.4 is 10.6 Å². The number of benzene rings is 1. The summed E-state index contributed by atoms with van der Waals surface area (Å²) in [6, 6.07) is 10.1. The number of carbonyl (C=O) groups excluding carboxylic acids is 1. The predicted molar refractivity (Wildman–Crippen MR) is 77.4 cm³/mol. The summed E-state index contributed by atoms with van der Waals surface area (Å²) >= 11 is 1.47. The fraction of sp³-hybridized carbons (Fsp3) is 0.267. The number of nitrogens with one attached hydrogen (secondary N) is 2. The second-order valence-electron chi connectivity index (χ2n) is 4.78. The number of hydrogen-bond acceptors (Lipinski definition) is 3. The van der Waals surface area contributed by atoms with Gasteiger partial charge in [-0.25, -0.2) is 0 Å². The van der Waals surface area contributed by atoms with Gasteiger partial charge in [-0.3, -0.25) is 4.79 Å². The molecule has 2 N–H and O–H groups in total. The van der Waals surface area contributed by atoms with Gasteiger partial charge in [0, 0.05) is 13.1 Å². The number of aryl methyl sites for hydroxylation is 1. The summed E-state index contributed by atoms with van der Waals surface area (Å²) in [5.41, 5.74) is 3.83. The van der Waals surface area contributed by atoms with Crippen molar-refractivity contribution in [3.05, 3.63) is 57.3 Å². The molecule has 3 nitrogen and oxygen atoms in total. The van der Waals surface area contributed by atoms with E-state index in [0.29, 0.717) is 0 Å². The lowest BCUT2D eigenvalue weighted by Crippen LogP contribution is -2.39. The predicted octanol–water partition coefficient (Wildman–Crippen LogP) is 2.63. The molecular formula is C15H16N2OS. The molecule has 98 valence electrons. The lowest BCUT2D eigenvalue weighted by molar-refractivity contribution is 0.0938. The van der Waals surface area contributed by atoms with Crippen molar-refractivity contribution in [2.24, 2.45) is 0 Å². The first-order chi connectivity index (χ1) is 9.25. The van der Waals surface area contributed by atoms with E-state index in [4.69, 9.17) is 0 Å². The lowest BCUT2D eigenvalue weighted by Gasteiger charge is -2.28. The van der Waals surface area contributed by atoms with Crippen molar-refractivity contribution in [1.29, 1.82) is 0 Å². The van der Waals surface area contributed by atoms with Gasteiger partial charge in [-0.15, -0.1) is 11.3 Å². The molecule has 0 spiro atoms. The maximum Gasteiger partial charge on any atom is 0.261 e. The summed E-state index contributed by atoms with van der Waals surface area (Å²) in [7, 11) is 0. The van der Waals surface area contributed by atoms with Crippen LogP contribution in [0.25, 0.3) is 0 Å². The van der Waals surface area contributed by atoms with Gasteiger partial charge in [0.25, 0.3) is 5.91 Å². The van der Waals surface area contributed by atoms with Crippen LogP contribution in [0, 0.1) is 6.92 Å². The summed E-state index contributed by atoms with van der Waals surface area (Å²) in [5.74, 6) is 0.0103. The highest BCUT2D eigenvalue weighted by Gasteiger charge is 2.22. The molecule has 1 aliphatic rings. The van der Waals surface area contributed by atoms with Crippen molar-refractivity contribution in [3.8, 4) is 0 Å². The molecular weight excluding hydrogens is 256 g/mol. The van der Waals surface area contributed by atoms with E-state index < -0.39 is 0 Å². The number of amides is 1. The molecule has 1 amide bonds. The summed E-state index contributed by atoms with van der Waals surface area (Å²) in [6.45, 7) is 3.78. The van der Waals surface area contributed by atoms with Gasteiger partial charge < -0.3 is 10.6 Å². The number of thiophene rings is 1. The van der Waals surface area contributed by atoms with E-state index in [1.807, 2.05) is 17.5 Å². The van der Waals surface area contributed by atoms with Crippen molar-refractivity contribution in [2.45, 2.75) is 19.5 Å². The Labute approximate surface area is 116 Å². The van der Waals surface area contributed by atoms with Crippen LogP contribution in [0.3, 0.4) is 0 Å². The molecule has 1 unspecified atom stereocenters. The van der Waals surface area contributed by atoms with Gasteiger partial charge in [0.15, 0.2) is 0 Å². The van der Waals surface area contributed by atoms with Crippen LogP contribution in [0.5, 0.6) is 0 Å². The summed E-state index contributed by atoms with van der Waals surface area (Å²) in [5, 5.41) is 8.41. The van der Waals surface area contributed by atoms with E-state index in [0.717, 1.165) is 18.0 Å². The molecule has 0 saturated carbocycles. The quantitative estimate of drug-likeness (QED) is 0.882. The van der Waals surface area contributed by atoms with Crippen molar-refractivity contribution >= 4 is 17.2 Å². The highest BCUT2D eigenvalue weighted by molar-refractivity contribution is 7.12. The lowest BCUT2D eigenvalue weighted by atomic mass is 9.93. The third-order valence-corrected chi connectivity index (χ3v) is 4.39.